The van der Waals surface area contributed by atoms with E-state index in [1.54, 1.807) is 7.11 Å². The summed E-state index contributed by atoms with van der Waals surface area (Å²) in [4.78, 5) is 0. The van der Waals surface area contributed by atoms with Gasteiger partial charge < -0.3 is 15.4 Å². The van der Waals surface area contributed by atoms with Gasteiger partial charge in [0.05, 0.1) is 12.6 Å². The van der Waals surface area contributed by atoms with Crippen LogP contribution in [0.2, 0.25) is 0 Å². The van der Waals surface area contributed by atoms with Gasteiger partial charge in [-0.05, 0) is 31.1 Å². The van der Waals surface area contributed by atoms with Crippen molar-refractivity contribution in [2.75, 3.05) is 13.7 Å². The summed E-state index contributed by atoms with van der Waals surface area (Å²) in [6.45, 7) is 4.83. The Labute approximate surface area is 115 Å². The lowest BCUT2D eigenvalue weighted by Gasteiger charge is -2.22. The summed E-state index contributed by atoms with van der Waals surface area (Å²) in [5.41, 5.74) is 1.25. The van der Waals surface area contributed by atoms with Gasteiger partial charge in [-0.3, -0.25) is 0 Å². The van der Waals surface area contributed by atoms with E-state index in [0.29, 0.717) is 11.7 Å². The van der Waals surface area contributed by atoms with Gasteiger partial charge in [0.2, 0.25) is 0 Å². The molecule has 1 aromatic carbocycles. The predicted octanol–water partition coefficient (Wildman–Crippen LogP) is 2.64. The molecule has 2 N–H and O–H groups in total. The third kappa shape index (κ3) is 5.02. The van der Waals surface area contributed by atoms with Gasteiger partial charge in [-0.15, -0.1) is 0 Å². The van der Waals surface area contributed by atoms with Gasteiger partial charge in [0.15, 0.2) is 5.11 Å². The first-order valence-corrected chi connectivity index (χ1v) is 6.69. The van der Waals surface area contributed by atoms with Crippen LogP contribution < -0.4 is 10.6 Å². The Morgan fingerprint density at radius 1 is 1.28 bits per heavy atom. The van der Waals surface area contributed by atoms with Gasteiger partial charge in [0, 0.05) is 13.2 Å². The van der Waals surface area contributed by atoms with Crippen LogP contribution in [0.1, 0.15) is 31.9 Å². The first-order chi connectivity index (χ1) is 8.67. The zero-order valence-electron chi connectivity index (χ0n) is 11.3. The second kappa shape index (κ2) is 8.06. The second-order valence-corrected chi connectivity index (χ2v) is 4.75. The summed E-state index contributed by atoms with van der Waals surface area (Å²) >= 11 is 5.31. The van der Waals surface area contributed by atoms with Crippen LogP contribution >= 0.6 is 12.2 Å². The molecule has 0 amide bonds. The van der Waals surface area contributed by atoms with E-state index in [2.05, 4.69) is 29.7 Å². The molecular formula is C14H22N2OS. The molecule has 2 atom stereocenters. The molecule has 0 heterocycles. The standard InChI is InChI=1S/C14H22N2OS/c1-4-13(12-8-6-5-7-9-12)16-14(18)15-11(2)10-17-3/h5-9,11,13H,4,10H2,1-3H3,(H2,15,16,18). The summed E-state index contributed by atoms with van der Waals surface area (Å²) < 4.78 is 5.07. The van der Waals surface area contributed by atoms with Crippen LogP contribution in [-0.4, -0.2) is 24.9 Å². The molecule has 0 aliphatic heterocycles. The molecule has 3 nitrogen and oxygen atoms in total. The number of hydrogen-bond donors (Lipinski definition) is 2. The lowest BCUT2D eigenvalue weighted by atomic mass is 10.1. The van der Waals surface area contributed by atoms with Crippen LogP contribution in [0.25, 0.3) is 0 Å². The van der Waals surface area contributed by atoms with Crippen molar-refractivity contribution in [3.63, 3.8) is 0 Å². The number of benzene rings is 1. The number of rotatable bonds is 6. The minimum Gasteiger partial charge on any atom is -0.383 e. The summed E-state index contributed by atoms with van der Waals surface area (Å²) in [7, 11) is 1.69. The van der Waals surface area contributed by atoms with Crippen LogP contribution in [0.15, 0.2) is 30.3 Å². The minimum absolute atomic E-state index is 0.211. The van der Waals surface area contributed by atoms with E-state index in [-0.39, 0.29) is 12.1 Å². The third-order valence-corrected chi connectivity index (χ3v) is 2.95. The lowest BCUT2D eigenvalue weighted by Crippen LogP contribution is -2.43. The minimum atomic E-state index is 0.211. The Balaban J connectivity index is 2.51. The first kappa shape index (κ1) is 14.9. The average molecular weight is 266 g/mol. The predicted molar refractivity (Wildman–Crippen MR) is 79.7 cm³/mol. The van der Waals surface area contributed by atoms with E-state index in [9.17, 15) is 0 Å². The van der Waals surface area contributed by atoms with Gasteiger partial charge in [0.25, 0.3) is 0 Å². The smallest absolute Gasteiger partial charge is 0.167 e. The zero-order chi connectivity index (χ0) is 13.4. The van der Waals surface area contributed by atoms with Crippen molar-refractivity contribution < 1.29 is 4.74 Å². The fourth-order valence-electron chi connectivity index (χ4n) is 1.82. The van der Waals surface area contributed by atoms with E-state index in [1.807, 2.05) is 25.1 Å². The van der Waals surface area contributed by atoms with Gasteiger partial charge in [0.1, 0.15) is 0 Å². The molecule has 1 rings (SSSR count). The Morgan fingerprint density at radius 2 is 1.94 bits per heavy atom. The molecule has 0 radical (unpaired) electrons. The number of methoxy groups -OCH3 is 1. The van der Waals surface area contributed by atoms with E-state index >= 15 is 0 Å². The molecule has 18 heavy (non-hydrogen) atoms. The molecule has 2 unspecified atom stereocenters. The molecule has 0 bridgehead atoms. The van der Waals surface area contributed by atoms with Gasteiger partial charge in [-0.25, -0.2) is 0 Å². The van der Waals surface area contributed by atoms with Crippen LogP contribution in [0.3, 0.4) is 0 Å². The molecule has 0 aliphatic carbocycles. The Kier molecular flexibility index (Phi) is 6.68. The topological polar surface area (TPSA) is 33.3 Å². The van der Waals surface area contributed by atoms with Gasteiger partial charge >= 0.3 is 0 Å². The number of ether oxygens (including phenoxy) is 1. The third-order valence-electron chi connectivity index (χ3n) is 2.71. The first-order valence-electron chi connectivity index (χ1n) is 6.28. The number of hydrogen-bond acceptors (Lipinski definition) is 2. The number of thiocarbonyl (C=S) groups is 1. The summed E-state index contributed by atoms with van der Waals surface area (Å²) in [6.07, 6.45) is 0.991. The molecule has 0 aromatic heterocycles. The normalized spacial score (nSPS) is 13.7. The quantitative estimate of drug-likeness (QED) is 0.776. The van der Waals surface area contributed by atoms with E-state index in [4.69, 9.17) is 17.0 Å². The van der Waals surface area contributed by atoms with E-state index in [1.165, 1.54) is 5.56 Å². The summed E-state index contributed by atoms with van der Waals surface area (Å²) in [5.74, 6) is 0. The van der Waals surface area contributed by atoms with Crippen molar-refractivity contribution in [2.45, 2.75) is 32.4 Å². The van der Waals surface area contributed by atoms with Gasteiger partial charge in [-0.2, -0.15) is 0 Å². The molecule has 0 fully saturated rings. The highest BCUT2D eigenvalue weighted by molar-refractivity contribution is 7.80. The fourth-order valence-corrected chi connectivity index (χ4v) is 2.17. The monoisotopic (exact) mass is 266 g/mol. The molecule has 1 aromatic rings. The number of nitrogens with one attached hydrogen (secondary N) is 2. The van der Waals surface area contributed by atoms with Crippen LogP contribution in [0.5, 0.6) is 0 Å². The van der Waals surface area contributed by atoms with E-state index < -0.39 is 0 Å². The SMILES string of the molecule is CCC(NC(=S)NC(C)COC)c1ccccc1. The maximum Gasteiger partial charge on any atom is 0.167 e. The van der Waals surface area contributed by atoms with Crippen molar-refractivity contribution in [3.8, 4) is 0 Å². The van der Waals surface area contributed by atoms with Gasteiger partial charge in [-0.1, -0.05) is 37.3 Å². The van der Waals surface area contributed by atoms with Crippen LogP contribution in [0, 0.1) is 0 Å². The second-order valence-electron chi connectivity index (χ2n) is 4.35. The highest BCUT2D eigenvalue weighted by Crippen LogP contribution is 2.15. The summed E-state index contributed by atoms with van der Waals surface area (Å²) in [6, 6.07) is 10.8. The Bertz CT molecular complexity index is 356. The zero-order valence-corrected chi connectivity index (χ0v) is 12.1. The van der Waals surface area contributed by atoms with Crippen molar-refractivity contribution in [1.29, 1.82) is 0 Å². The van der Waals surface area contributed by atoms with Crippen LogP contribution in [0.4, 0.5) is 0 Å². The average Bonchev–Trinajstić information content (AvgIpc) is 2.37. The molecule has 0 saturated carbocycles. The molecule has 4 heteroatoms. The maximum absolute atomic E-state index is 5.31. The maximum atomic E-state index is 5.31. The molecule has 0 saturated heterocycles. The highest BCUT2D eigenvalue weighted by atomic mass is 32.1. The van der Waals surface area contributed by atoms with E-state index in [0.717, 1.165) is 6.42 Å². The molecule has 100 valence electrons. The molecular weight excluding hydrogens is 244 g/mol. The lowest BCUT2D eigenvalue weighted by molar-refractivity contribution is 0.179. The highest BCUT2D eigenvalue weighted by Gasteiger charge is 2.11. The van der Waals surface area contributed by atoms with Crippen molar-refractivity contribution >= 4 is 17.3 Å². The van der Waals surface area contributed by atoms with Crippen molar-refractivity contribution in [2.24, 2.45) is 0 Å². The Morgan fingerprint density at radius 3 is 2.50 bits per heavy atom. The van der Waals surface area contributed by atoms with Crippen molar-refractivity contribution in [1.82, 2.24) is 10.6 Å². The largest absolute Gasteiger partial charge is 0.383 e. The fraction of sp³-hybridized carbons (Fsp3) is 0.500. The Hall–Kier alpha value is -1.13. The molecule has 0 spiro atoms. The van der Waals surface area contributed by atoms with Crippen molar-refractivity contribution in [3.05, 3.63) is 35.9 Å². The summed E-state index contributed by atoms with van der Waals surface area (Å²) in [5, 5.41) is 7.22. The molecule has 0 aliphatic rings. The van der Waals surface area contributed by atoms with Crippen LogP contribution in [-0.2, 0) is 4.74 Å².